The van der Waals surface area contributed by atoms with Gasteiger partial charge in [-0.2, -0.15) is 0 Å². The van der Waals surface area contributed by atoms with Crippen LogP contribution < -0.4 is 5.32 Å². The normalized spacial score (nSPS) is 13.9. The van der Waals surface area contributed by atoms with Gasteiger partial charge in [-0.05, 0) is 18.1 Å². The van der Waals surface area contributed by atoms with Crippen LogP contribution in [0.25, 0.3) is 0 Å². The molecule has 0 radical (unpaired) electrons. The molecule has 0 spiro atoms. The van der Waals surface area contributed by atoms with Crippen LogP contribution in [0.5, 0.6) is 0 Å². The van der Waals surface area contributed by atoms with E-state index in [2.05, 4.69) is 5.32 Å². The average molecular weight is 329 g/mol. The summed E-state index contributed by atoms with van der Waals surface area (Å²) in [5.74, 6) is -1.16. The number of nitrogens with one attached hydrogen (secondary N) is 1. The minimum Gasteiger partial charge on any atom is -0.354 e. The van der Waals surface area contributed by atoms with Gasteiger partial charge in [0.15, 0.2) is 0 Å². The third kappa shape index (κ3) is 3.19. The summed E-state index contributed by atoms with van der Waals surface area (Å²) in [6.45, 7) is 4.08. The van der Waals surface area contributed by atoms with Crippen LogP contribution in [0.2, 0.25) is 10.0 Å². The largest absolute Gasteiger partial charge is 0.354 e. The second-order valence-corrected chi connectivity index (χ2v) is 6.02. The number of hydrogen-bond donors (Lipinski definition) is 1. The highest BCUT2D eigenvalue weighted by Gasteiger charge is 2.37. The molecule has 0 saturated carbocycles. The quantitative estimate of drug-likeness (QED) is 0.863. The van der Waals surface area contributed by atoms with Gasteiger partial charge in [-0.15, -0.1) is 0 Å². The molecule has 7 heteroatoms. The molecule has 1 aromatic rings. The Kier molecular flexibility index (Phi) is 4.54. The molecule has 1 N–H and O–H groups in total. The molecule has 5 nitrogen and oxygen atoms in total. The van der Waals surface area contributed by atoms with Crippen LogP contribution in [0.4, 0.5) is 0 Å². The number of benzene rings is 1. The molecule has 1 heterocycles. The lowest BCUT2D eigenvalue weighted by Crippen LogP contribution is -2.41. The van der Waals surface area contributed by atoms with Gasteiger partial charge in [-0.3, -0.25) is 19.3 Å². The van der Waals surface area contributed by atoms with Crippen LogP contribution in [0.15, 0.2) is 12.1 Å². The van der Waals surface area contributed by atoms with Gasteiger partial charge in [0.05, 0.1) is 21.2 Å². The molecule has 112 valence electrons. The summed E-state index contributed by atoms with van der Waals surface area (Å²) in [6.07, 6.45) is 0. The van der Waals surface area contributed by atoms with Crippen molar-refractivity contribution in [1.29, 1.82) is 0 Å². The average Bonchev–Trinajstić information content (AvgIpc) is 2.63. The van der Waals surface area contributed by atoms with E-state index in [1.54, 1.807) is 0 Å². The minimum atomic E-state index is -0.534. The van der Waals surface area contributed by atoms with Crippen LogP contribution in [-0.2, 0) is 4.79 Å². The van der Waals surface area contributed by atoms with Gasteiger partial charge in [0, 0.05) is 6.54 Å². The summed E-state index contributed by atoms with van der Waals surface area (Å²) in [5.41, 5.74) is 0.345. The molecular weight excluding hydrogens is 315 g/mol. The molecule has 0 aliphatic carbocycles. The Labute approximate surface area is 132 Å². The van der Waals surface area contributed by atoms with Crippen molar-refractivity contribution < 1.29 is 14.4 Å². The Morgan fingerprint density at radius 2 is 1.62 bits per heavy atom. The van der Waals surface area contributed by atoms with E-state index in [9.17, 15) is 14.4 Å². The molecule has 0 aromatic heterocycles. The van der Waals surface area contributed by atoms with Gasteiger partial charge < -0.3 is 5.32 Å². The fraction of sp³-hybridized carbons (Fsp3) is 0.357. The van der Waals surface area contributed by atoms with Gasteiger partial charge in [0.25, 0.3) is 11.8 Å². The number of hydrogen-bond acceptors (Lipinski definition) is 3. The molecule has 0 fully saturated rings. The smallest absolute Gasteiger partial charge is 0.262 e. The van der Waals surface area contributed by atoms with Crippen molar-refractivity contribution in [2.24, 2.45) is 5.92 Å². The fourth-order valence-corrected chi connectivity index (χ4v) is 2.27. The van der Waals surface area contributed by atoms with Crippen LogP contribution >= 0.6 is 23.2 Å². The number of carbonyl (C=O) groups is 3. The first-order valence-electron chi connectivity index (χ1n) is 6.43. The molecule has 21 heavy (non-hydrogen) atoms. The molecule has 3 amide bonds. The van der Waals surface area contributed by atoms with Gasteiger partial charge in [0.2, 0.25) is 5.91 Å². The third-order valence-electron chi connectivity index (χ3n) is 3.02. The number of fused-ring (bicyclic) bond motifs is 1. The molecule has 0 bridgehead atoms. The maximum atomic E-state index is 12.2. The van der Waals surface area contributed by atoms with E-state index in [0.29, 0.717) is 6.54 Å². The maximum absolute atomic E-state index is 12.2. The third-order valence-corrected chi connectivity index (χ3v) is 3.74. The van der Waals surface area contributed by atoms with Gasteiger partial charge in [-0.25, -0.2) is 0 Å². The fourth-order valence-electron chi connectivity index (χ4n) is 1.94. The van der Waals surface area contributed by atoms with Crippen LogP contribution in [-0.4, -0.2) is 35.7 Å². The predicted molar refractivity (Wildman–Crippen MR) is 79.7 cm³/mol. The summed E-state index contributed by atoms with van der Waals surface area (Å²) in [4.78, 5) is 37.0. The van der Waals surface area contributed by atoms with Crippen molar-refractivity contribution >= 4 is 40.9 Å². The zero-order valence-electron chi connectivity index (χ0n) is 11.6. The van der Waals surface area contributed by atoms with E-state index in [1.165, 1.54) is 12.1 Å². The zero-order valence-corrected chi connectivity index (χ0v) is 13.1. The Morgan fingerprint density at radius 3 is 2.05 bits per heavy atom. The number of halogens is 2. The van der Waals surface area contributed by atoms with Gasteiger partial charge >= 0.3 is 0 Å². The lowest BCUT2D eigenvalue weighted by Gasteiger charge is -2.14. The van der Waals surface area contributed by atoms with Crippen LogP contribution in [0.1, 0.15) is 34.6 Å². The Balaban J connectivity index is 2.16. The van der Waals surface area contributed by atoms with E-state index >= 15 is 0 Å². The highest BCUT2D eigenvalue weighted by atomic mass is 35.5. The van der Waals surface area contributed by atoms with Gasteiger partial charge in [0.1, 0.15) is 6.54 Å². The predicted octanol–water partition coefficient (Wildman–Crippen LogP) is 2.36. The zero-order chi connectivity index (χ0) is 15.7. The molecule has 2 rings (SSSR count). The standard InChI is InChI=1S/C14H14Cl2N2O3/c1-7(2)5-17-12(19)6-18-13(20)8-3-10(15)11(16)4-9(8)14(18)21/h3-4,7H,5-6H2,1-2H3,(H,17,19). The monoisotopic (exact) mass is 328 g/mol. The summed E-state index contributed by atoms with van der Waals surface area (Å²) in [7, 11) is 0. The van der Waals surface area contributed by atoms with Crippen molar-refractivity contribution in [3.63, 3.8) is 0 Å². The van der Waals surface area contributed by atoms with Crippen LogP contribution in [0.3, 0.4) is 0 Å². The molecule has 0 unspecified atom stereocenters. The molecule has 0 saturated heterocycles. The number of carbonyl (C=O) groups excluding carboxylic acids is 3. The Hall–Kier alpha value is -1.59. The Morgan fingerprint density at radius 1 is 1.14 bits per heavy atom. The molecular formula is C14H14Cl2N2O3. The van der Waals surface area contributed by atoms with Crippen molar-refractivity contribution in [3.8, 4) is 0 Å². The summed E-state index contributed by atoms with van der Waals surface area (Å²) in [5, 5.41) is 3.06. The lowest BCUT2D eigenvalue weighted by molar-refractivity contribution is -0.121. The van der Waals surface area contributed by atoms with Gasteiger partial charge in [-0.1, -0.05) is 37.0 Å². The Bertz CT molecular complexity index is 588. The van der Waals surface area contributed by atoms with E-state index in [0.717, 1.165) is 4.90 Å². The molecule has 0 atom stereocenters. The minimum absolute atomic E-state index is 0.172. The number of imide groups is 1. The van der Waals surface area contributed by atoms with Crippen molar-refractivity contribution in [3.05, 3.63) is 33.3 Å². The summed E-state index contributed by atoms with van der Waals surface area (Å²) >= 11 is 11.7. The highest BCUT2D eigenvalue weighted by molar-refractivity contribution is 6.43. The second-order valence-electron chi connectivity index (χ2n) is 5.21. The topological polar surface area (TPSA) is 66.5 Å². The van der Waals surface area contributed by atoms with E-state index < -0.39 is 11.8 Å². The van der Waals surface area contributed by atoms with Crippen molar-refractivity contribution in [1.82, 2.24) is 10.2 Å². The van der Waals surface area contributed by atoms with Crippen LogP contribution in [0, 0.1) is 5.92 Å². The first-order valence-corrected chi connectivity index (χ1v) is 7.18. The number of rotatable bonds is 4. The molecule has 1 aliphatic rings. The number of amides is 3. The second kappa shape index (κ2) is 6.03. The molecule has 1 aliphatic heterocycles. The highest BCUT2D eigenvalue weighted by Crippen LogP contribution is 2.31. The lowest BCUT2D eigenvalue weighted by atomic mass is 10.1. The summed E-state index contributed by atoms with van der Waals surface area (Å²) in [6, 6.07) is 2.71. The maximum Gasteiger partial charge on any atom is 0.262 e. The van der Waals surface area contributed by atoms with E-state index in [1.807, 2.05) is 13.8 Å². The first-order chi connectivity index (χ1) is 9.81. The summed E-state index contributed by atoms with van der Waals surface area (Å²) < 4.78 is 0. The molecule has 1 aromatic carbocycles. The van der Waals surface area contributed by atoms with E-state index in [4.69, 9.17) is 23.2 Å². The van der Waals surface area contributed by atoms with Crippen molar-refractivity contribution in [2.75, 3.05) is 13.1 Å². The SMILES string of the molecule is CC(C)CNC(=O)CN1C(=O)c2cc(Cl)c(Cl)cc2C1=O. The van der Waals surface area contributed by atoms with E-state index in [-0.39, 0.29) is 39.5 Å². The first kappa shape index (κ1) is 15.8. The van der Waals surface area contributed by atoms with Crippen molar-refractivity contribution in [2.45, 2.75) is 13.8 Å². The number of nitrogens with zero attached hydrogens (tertiary/aromatic N) is 1.